The average molecular weight is 397 g/mol. The molecule has 29 heavy (non-hydrogen) atoms. The van der Waals surface area contributed by atoms with Crippen molar-refractivity contribution < 1.29 is 9.53 Å². The monoisotopic (exact) mass is 396 g/mol. The lowest BCUT2D eigenvalue weighted by Crippen LogP contribution is -2.25. The van der Waals surface area contributed by atoms with E-state index in [2.05, 4.69) is 38.1 Å². The SMILES string of the molecule is CCCC=CC1CCC(c2ccc(OC(=O)C3CCC(CCC)CC3)cc2)CC1. The Labute approximate surface area is 178 Å². The Hall–Kier alpha value is -1.57. The summed E-state index contributed by atoms with van der Waals surface area (Å²) in [4.78, 5) is 12.5. The third-order valence-electron chi connectivity index (χ3n) is 7.08. The molecule has 2 nitrogen and oxygen atoms in total. The van der Waals surface area contributed by atoms with Gasteiger partial charge in [0.15, 0.2) is 0 Å². The van der Waals surface area contributed by atoms with E-state index in [1.807, 2.05) is 12.1 Å². The van der Waals surface area contributed by atoms with Gasteiger partial charge in [-0.1, -0.05) is 57.4 Å². The van der Waals surface area contributed by atoms with Gasteiger partial charge in [-0.2, -0.15) is 0 Å². The highest BCUT2D eigenvalue weighted by atomic mass is 16.5. The number of ether oxygens (including phenoxy) is 1. The zero-order valence-electron chi connectivity index (χ0n) is 18.6. The summed E-state index contributed by atoms with van der Waals surface area (Å²) >= 11 is 0. The van der Waals surface area contributed by atoms with Gasteiger partial charge < -0.3 is 4.74 Å². The molecule has 3 rings (SSSR count). The molecule has 160 valence electrons. The first-order valence-corrected chi connectivity index (χ1v) is 12.2. The van der Waals surface area contributed by atoms with E-state index in [-0.39, 0.29) is 11.9 Å². The van der Waals surface area contributed by atoms with Gasteiger partial charge in [0, 0.05) is 0 Å². The second-order valence-electron chi connectivity index (χ2n) is 9.32. The summed E-state index contributed by atoms with van der Waals surface area (Å²) in [5.74, 6) is 3.03. The minimum absolute atomic E-state index is 0.0212. The highest BCUT2D eigenvalue weighted by molar-refractivity contribution is 5.75. The van der Waals surface area contributed by atoms with Crippen molar-refractivity contribution in [2.45, 2.75) is 96.8 Å². The summed E-state index contributed by atoms with van der Waals surface area (Å²) in [5, 5.41) is 0. The van der Waals surface area contributed by atoms with Crippen LogP contribution in [0, 0.1) is 17.8 Å². The summed E-state index contributed by atoms with van der Waals surface area (Å²) in [7, 11) is 0. The Balaban J connectivity index is 1.44. The minimum atomic E-state index is -0.0212. The normalized spacial score (nSPS) is 27.8. The van der Waals surface area contributed by atoms with Gasteiger partial charge in [-0.3, -0.25) is 4.79 Å². The fourth-order valence-electron chi connectivity index (χ4n) is 5.20. The zero-order valence-corrected chi connectivity index (χ0v) is 18.6. The molecule has 0 radical (unpaired) electrons. The van der Waals surface area contributed by atoms with Crippen molar-refractivity contribution in [1.29, 1.82) is 0 Å². The smallest absolute Gasteiger partial charge is 0.314 e. The van der Waals surface area contributed by atoms with Gasteiger partial charge in [-0.25, -0.2) is 0 Å². The predicted molar refractivity (Wildman–Crippen MR) is 121 cm³/mol. The van der Waals surface area contributed by atoms with Gasteiger partial charge in [-0.05, 0) is 93.2 Å². The Morgan fingerprint density at radius 2 is 1.62 bits per heavy atom. The quantitative estimate of drug-likeness (QED) is 0.254. The van der Waals surface area contributed by atoms with Gasteiger partial charge in [0.1, 0.15) is 5.75 Å². The number of unbranched alkanes of at least 4 members (excludes halogenated alkanes) is 1. The number of hydrogen-bond donors (Lipinski definition) is 0. The summed E-state index contributed by atoms with van der Waals surface area (Å²) in [6, 6.07) is 8.36. The van der Waals surface area contributed by atoms with E-state index in [0.29, 0.717) is 11.7 Å². The molecule has 0 N–H and O–H groups in total. The number of benzene rings is 1. The molecule has 2 heteroatoms. The van der Waals surface area contributed by atoms with E-state index >= 15 is 0 Å². The highest BCUT2D eigenvalue weighted by Gasteiger charge is 2.27. The lowest BCUT2D eigenvalue weighted by Gasteiger charge is -2.27. The Morgan fingerprint density at radius 3 is 2.24 bits per heavy atom. The fraction of sp³-hybridized carbons (Fsp3) is 0.667. The molecule has 2 saturated carbocycles. The third kappa shape index (κ3) is 6.73. The predicted octanol–water partition coefficient (Wildman–Crippen LogP) is 7.83. The van der Waals surface area contributed by atoms with Crippen molar-refractivity contribution in [3.05, 3.63) is 42.0 Å². The maximum absolute atomic E-state index is 12.5. The number of esters is 1. The Bertz CT molecular complexity index is 629. The molecule has 0 amide bonds. The first-order chi connectivity index (χ1) is 14.2. The van der Waals surface area contributed by atoms with Crippen LogP contribution in [-0.2, 0) is 4.79 Å². The zero-order chi connectivity index (χ0) is 20.5. The van der Waals surface area contributed by atoms with Crippen LogP contribution in [0.25, 0.3) is 0 Å². The minimum Gasteiger partial charge on any atom is -0.426 e. The fourth-order valence-corrected chi connectivity index (χ4v) is 5.20. The van der Waals surface area contributed by atoms with Crippen LogP contribution in [0.1, 0.15) is 102 Å². The molecule has 2 aliphatic rings. The molecular weight excluding hydrogens is 356 g/mol. The van der Waals surface area contributed by atoms with Crippen molar-refractivity contribution in [2.75, 3.05) is 0 Å². The first-order valence-electron chi connectivity index (χ1n) is 12.2. The molecule has 0 aliphatic heterocycles. The number of hydrogen-bond acceptors (Lipinski definition) is 2. The first kappa shape index (κ1) is 22.1. The average Bonchev–Trinajstić information content (AvgIpc) is 2.76. The molecule has 0 heterocycles. The molecule has 0 aromatic heterocycles. The Morgan fingerprint density at radius 1 is 0.931 bits per heavy atom. The Kier molecular flexibility index (Phi) is 8.83. The molecule has 1 aromatic rings. The van der Waals surface area contributed by atoms with Crippen molar-refractivity contribution in [3.8, 4) is 5.75 Å². The van der Waals surface area contributed by atoms with E-state index in [1.54, 1.807) is 0 Å². The molecular formula is C27H40O2. The highest BCUT2D eigenvalue weighted by Crippen LogP contribution is 2.37. The van der Waals surface area contributed by atoms with Crippen LogP contribution in [0.2, 0.25) is 0 Å². The molecule has 0 atom stereocenters. The molecule has 0 spiro atoms. The van der Waals surface area contributed by atoms with Crippen molar-refractivity contribution in [1.82, 2.24) is 0 Å². The summed E-state index contributed by atoms with van der Waals surface area (Å²) < 4.78 is 5.72. The van der Waals surface area contributed by atoms with Crippen LogP contribution in [0.4, 0.5) is 0 Å². The van der Waals surface area contributed by atoms with Crippen LogP contribution in [0.5, 0.6) is 5.75 Å². The van der Waals surface area contributed by atoms with Gasteiger partial charge >= 0.3 is 5.97 Å². The summed E-state index contributed by atoms with van der Waals surface area (Å²) in [5.41, 5.74) is 1.40. The molecule has 0 bridgehead atoms. The second kappa shape index (κ2) is 11.6. The maximum atomic E-state index is 12.5. The lowest BCUT2D eigenvalue weighted by molar-refractivity contribution is -0.140. The van der Waals surface area contributed by atoms with Gasteiger partial charge in [0.05, 0.1) is 5.92 Å². The summed E-state index contributed by atoms with van der Waals surface area (Å²) in [6.07, 6.45) is 19.3. The maximum Gasteiger partial charge on any atom is 0.314 e. The van der Waals surface area contributed by atoms with Crippen LogP contribution in [0.15, 0.2) is 36.4 Å². The van der Waals surface area contributed by atoms with Crippen molar-refractivity contribution in [3.63, 3.8) is 0 Å². The molecule has 1 aromatic carbocycles. The largest absolute Gasteiger partial charge is 0.426 e. The molecule has 2 fully saturated rings. The topological polar surface area (TPSA) is 26.3 Å². The van der Waals surface area contributed by atoms with Crippen LogP contribution in [-0.4, -0.2) is 5.97 Å². The van der Waals surface area contributed by atoms with Gasteiger partial charge in [-0.15, -0.1) is 0 Å². The second-order valence-corrected chi connectivity index (χ2v) is 9.32. The van der Waals surface area contributed by atoms with Crippen molar-refractivity contribution >= 4 is 5.97 Å². The van der Waals surface area contributed by atoms with E-state index in [9.17, 15) is 4.79 Å². The molecule has 2 aliphatic carbocycles. The number of allylic oxidation sites excluding steroid dienone is 2. The van der Waals surface area contributed by atoms with Crippen LogP contribution in [0.3, 0.4) is 0 Å². The van der Waals surface area contributed by atoms with E-state index < -0.39 is 0 Å². The number of rotatable bonds is 8. The standard InChI is InChI=1S/C27H40O2/c1-3-5-6-8-22-9-13-23(14-10-22)24-17-19-26(20-18-24)29-27(28)25-15-11-21(7-4-2)12-16-25/h6,8,17-23,25H,3-5,7,9-16H2,1-2H3. The molecule has 0 unspecified atom stereocenters. The summed E-state index contributed by atoms with van der Waals surface area (Å²) in [6.45, 7) is 4.49. The van der Waals surface area contributed by atoms with Crippen LogP contribution < -0.4 is 4.74 Å². The number of carbonyl (C=O) groups is 1. The third-order valence-corrected chi connectivity index (χ3v) is 7.08. The van der Waals surface area contributed by atoms with Crippen LogP contribution >= 0.6 is 0 Å². The lowest BCUT2D eigenvalue weighted by atomic mass is 9.78. The van der Waals surface area contributed by atoms with E-state index in [4.69, 9.17) is 4.74 Å². The molecule has 0 saturated heterocycles. The van der Waals surface area contributed by atoms with Gasteiger partial charge in [0.2, 0.25) is 0 Å². The van der Waals surface area contributed by atoms with E-state index in [1.165, 1.54) is 69.8 Å². The van der Waals surface area contributed by atoms with E-state index in [0.717, 1.165) is 24.7 Å². The van der Waals surface area contributed by atoms with Gasteiger partial charge in [0.25, 0.3) is 0 Å². The number of carbonyl (C=O) groups excluding carboxylic acids is 1. The van der Waals surface area contributed by atoms with Crippen molar-refractivity contribution in [2.24, 2.45) is 17.8 Å².